The van der Waals surface area contributed by atoms with Gasteiger partial charge in [0.25, 0.3) is 0 Å². The van der Waals surface area contributed by atoms with E-state index in [9.17, 15) is 4.79 Å². The summed E-state index contributed by atoms with van der Waals surface area (Å²) in [7, 11) is 0. The fourth-order valence-corrected chi connectivity index (χ4v) is 4.43. The number of nitrogens with one attached hydrogen (secondary N) is 1. The van der Waals surface area contributed by atoms with Crippen molar-refractivity contribution in [2.45, 2.75) is 72.8 Å². The number of carbonyl (C=O) groups excluding carboxylic acids is 1. The first kappa shape index (κ1) is 15.7. The number of piperidine rings is 1. The highest BCUT2D eigenvalue weighted by Crippen LogP contribution is 2.45. The minimum atomic E-state index is 0.162. The molecule has 20 heavy (non-hydrogen) atoms. The molecule has 0 atom stereocenters. The molecule has 3 heteroatoms. The van der Waals surface area contributed by atoms with Gasteiger partial charge in [0, 0.05) is 19.1 Å². The van der Waals surface area contributed by atoms with Crippen LogP contribution in [-0.2, 0) is 0 Å². The molecule has 0 radical (unpaired) electrons. The lowest BCUT2D eigenvalue weighted by Gasteiger charge is -2.45. The Morgan fingerprint density at radius 2 is 1.55 bits per heavy atom. The lowest BCUT2D eigenvalue weighted by molar-refractivity contribution is 0.0835. The molecule has 0 bridgehead atoms. The Bertz CT molecular complexity index is 338. The second kappa shape index (κ2) is 5.57. The van der Waals surface area contributed by atoms with Crippen LogP contribution in [0.5, 0.6) is 0 Å². The Morgan fingerprint density at radius 1 is 1.05 bits per heavy atom. The van der Waals surface area contributed by atoms with Gasteiger partial charge >= 0.3 is 6.03 Å². The molecule has 0 aromatic heterocycles. The molecule has 0 aromatic carbocycles. The van der Waals surface area contributed by atoms with Crippen LogP contribution in [-0.4, -0.2) is 30.1 Å². The predicted molar refractivity (Wildman–Crippen MR) is 83.7 cm³/mol. The van der Waals surface area contributed by atoms with Crippen LogP contribution in [0, 0.1) is 16.7 Å². The van der Waals surface area contributed by atoms with Crippen LogP contribution in [0.2, 0.25) is 0 Å². The summed E-state index contributed by atoms with van der Waals surface area (Å²) < 4.78 is 0. The lowest BCUT2D eigenvalue weighted by Crippen LogP contribution is -2.51. The molecule has 3 nitrogen and oxygen atoms in total. The number of hydrogen-bond donors (Lipinski definition) is 1. The van der Waals surface area contributed by atoms with Crippen molar-refractivity contribution in [2.24, 2.45) is 16.7 Å². The fraction of sp³-hybridized carbons (Fsp3) is 0.941. The molecule has 116 valence electrons. The van der Waals surface area contributed by atoms with Crippen molar-refractivity contribution in [3.8, 4) is 0 Å². The van der Waals surface area contributed by atoms with Gasteiger partial charge < -0.3 is 10.2 Å². The molecule has 2 aliphatic rings. The van der Waals surface area contributed by atoms with Crippen LogP contribution in [0.3, 0.4) is 0 Å². The van der Waals surface area contributed by atoms with Crippen LogP contribution in [0.1, 0.15) is 66.7 Å². The summed E-state index contributed by atoms with van der Waals surface area (Å²) in [4.78, 5) is 14.4. The largest absolute Gasteiger partial charge is 0.335 e. The molecule has 1 aliphatic heterocycles. The van der Waals surface area contributed by atoms with E-state index in [2.05, 4.69) is 39.9 Å². The Kier molecular flexibility index (Phi) is 4.36. The molecule has 2 fully saturated rings. The maximum absolute atomic E-state index is 12.4. The van der Waals surface area contributed by atoms with E-state index in [0.29, 0.717) is 16.9 Å². The number of amides is 2. The van der Waals surface area contributed by atoms with E-state index >= 15 is 0 Å². The maximum atomic E-state index is 12.4. The topological polar surface area (TPSA) is 32.3 Å². The monoisotopic (exact) mass is 280 g/mol. The number of rotatable bonds is 1. The molecule has 1 N–H and O–H groups in total. The summed E-state index contributed by atoms with van der Waals surface area (Å²) in [5.74, 6) is 0.770. The Morgan fingerprint density at radius 3 is 2.05 bits per heavy atom. The first-order valence-corrected chi connectivity index (χ1v) is 8.22. The normalized spacial score (nSPS) is 27.4. The van der Waals surface area contributed by atoms with Crippen molar-refractivity contribution in [3.05, 3.63) is 0 Å². The van der Waals surface area contributed by atoms with E-state index in [1.807, 2.05) is 4.90 Å². The Labute approximate surface area is 124 Å². The number of likely N-dealkylation sites (tertiary alicyclic amines) is 1. The fourth-order valence-electron chi connectivity index (χ4n) is 4.43. The van der Waals surface area contributed by atoms with Crippen LogP contribution < -0.4 is 5.32 Å². The van der Waals surface area contributed by atoms with E-state index in [1.165, 1.54) is 6.42 Å². The molecular weight excluding hydrogens is 248 g/mol. The highest BCUT2D eigenvalue weighted by Gasteiger charge is 2.39. The standard InChI is InChI=1S/C17H32N2O/c1-13-6-8-19(9-7-13)15(20)18-14-10-16(2,3)12-17(4,5)11-14/h13-14H,6-12H2,1-5H3,(H,18,20). The van der Waals surface area contributed by atoms with Crippen molar-refractivity contribution >= 4 is 6.03 Å². The first-order chi connectivity index (χ1) is 9.17. The zero-order valence-corrected chi connectivity index (χ0v) is 14.0. The molecule has 1 heterocycles. The summed E-state index contributed by atoms with van der Waals surface area (Å²) in [5, 5.41) is 3.30. The zero-order valence-electron chi connectivity index (χ0n) is 14.0. The van der Waals surface area contributed by atoms with Gasteiger partial charge in [0.05, 0.1) is 0 Å². The smallest absolute Gasteiger partial charge is 0.317 e. The Hall–Kier alpha value is -0.730. The van der Waals surface area contributed by atoms with Crippen molar-refractivity contribution in [2.75, 3.05) is 13.1 Å². The number of hydrogen-bond acceptors (Lipinski definition) is 1. The van der Waals surface area contributed by atoms with Crippen LogP contribution in [0.25, 0.3) is 0 Å². The molecule has 1 saturated carbocycles. The maximum Gasteiger partial charge on any atom is 0.317 e. The average molecular weight is 280 g/mol. The quantitative estimate of drug-likeness (QED) is 0.772. The third-order valence-electron chi connectivity index (χ3n) is 4.95. The van der Waals surface area contributed by atoms with Crippen LogP contribution in [0.4, 0.5) is 4.79 Å². The van der Waals surface area contributed by atoms with E-state index in [0.717, 1.165) is 44.7 Å². The third kappa shape index (κ3) is 4.13. The molecule has 1 aliphatic carbocycles. The second-order valence-corrected chi connectivity index (χ2v) is 8.73. The minimum Gasteiger partial charge on any atom is -0.335 e. The summed E-state index contributed by atoms with van der Waals surface area (Å²) in [6, 6.07) is 0.496. The molecule has 0 aromatic rings. The summed E-state index contributed by atoms with van der Waals surface area (Å²) in [6.07, 6.45) is 5.75. The van der Waals surface area contributed by atoms with Crippen LogP contribution >= 0.6 is 0 Å². The predicted octanol–water partition coefficient (Wildman–Crippen LogP) is 4.03. The lowest BCUT2D eigenvalue weighted by atomic mass is 9.63. The average Bonchev–Trinajstić information content (AvgIpc) is 2.25. The molecule has 2 rings (SSSR count). The van der Waals surface area contributed by atoms with Gasteiger partial charge in [0.15, 0.2) is 0 Å². The summed E-state index contributed by atoms with van der Waals surface area (Å²) in [6.45, 7) is 13.4. The molecule has 0 spiro atoms. The van der Waals surface area contributed by atoms with E-state index in [1.54, 1.807) is 0 Å². The molecule has 1 saturated heterocycles. The molecular formula is C17H32N2O. The summed E-state index contributed by atoms with van der Waals surface area (Å²) in [5.41, 5.74) is 0.659. The summed E-state index contributed by atoms with van der Waals surface area (Å²) >= 11 is 0. The van der Waals surface area contributed by atoms with Crippen molar-refractivity contribution in [3.63, 3.8) is 0 Å². The van der Waals surface area contributed by atoms with Crippen LogP contribution in [0.15, 0.2) is 0 Å². The second-order valence-electron chi connectivity index (χ2n) is 8.73. The van der Waals surface area contributed by atoms with Gasteiger partial charge in [-0.1, -0.05) is 34.6 Å². The zero-order chi connectivity index (χ0) is 15.0. The molecule has 2 amide bonds. The van der Waals surface area contributed by atoms with Crippen molar-refractivity contribution < 1.29 is 4.79 Å². The molecule has 0 unspecified atom stereocenters. The van der Waals surface area contributed by atoms with E-state index < -0.39 is 0 Å². The first-order valence-electron chi connectivity index (χ1n) is 8.22. The SMILES string of the molecule is CC1CCN(C(=O)NC2CC(C)(C)CC(C)(C)C2)CC1. The van der Waals surface area contributed by atoms with Crippen molar-refractivity contribution in [1.29, 1.82) is 0 Å². The van der Waals surface area contributed by atoms with Gasteiger partial charge in [-0.2, -0.15) is 0 Å². The van der Waals surface area contributed by atoms with Gasteiger partial charge in [-0.25, -0.2) is 4.79 Å². The van der Waals surface area contributed by atoms with Gasteiger partial charge in [-0.15, -0.1) is 0 Å². The van der Waals surface area contributed by atoms with Crippen molar-refractivity contribution in [1.82, 2.24) is 10.2 Å². The highest BCUT2D eigenvalue weighted by molar-refractivity contribution is 5.74. The Balaban J connectivity index is 1.90. The number of carbonyl (C=O) groups is 1. The highest BCUT2D eigenvalue weighted by atomic mass is 16.2. The van der Waals surface area contributed by atoms with E-state index in [4.69, 9.17) is 0 Å². The van der Waals surface area contributed by atoms with Gasteiger partial charge in [0.2, 0.25) is 0 Å². The number of urea groups is 1. The minimum absolute atomic E-state index is 0.162. The van der Waals surface area contributed by atoms with Gasteiger partial charge in [-0.3, -0.25) is 0 Å². The van der Waals surface area contributed by atoms with Gasteiger partial charge in [0.1, 0.15) is 0 Å². The van der Waals surface area contributed by atoms with Gasteiger partial charge in [-0.05, 0) is 48.9 Å². The third-order valence-corrected chi connectivity index (χ3v) is 4.95. The van der Waals surface area contributed by atoms with E-state index in [-0.39, 0.29) is 6.03 Å². The number of nitrogens with zero attached hydrogens (tertiary/aromatic N) is 1.